The van der Waals surface area contributed by atoms with E-state index in [1.165, 1.54) is 11.3 Å². The molecule has 29 heavy (non-hydrogen) atoms. The average molecular weight is 413 g/mol. The van der Waals surface area contributed by atoms with Gasteiger partial charge in [-0.3, -0.25) is 9.69 Å². The summed E-state index contributed by atoms with van der Waals surface area (Å²) < 4.78 is 25.2. The molecule has 2 aromatic carbocycles. The number of nitrogens with zero attached hydrogens (tertiary/aromatic N) is 3. The van der Waals surface area contributed by atoms with E-state index in [0.29, 0.717) is 36.8 Å². The van der Waals surface area contributed by atoms with Crippen LogP contribution in [-0.4, -0.2) is 59.8 Å². The van der Waals surface area contributed by atoms with E-state index in [2.05, 4.69) is 0 Å². The van der Waals surface area contributed by atoms with Crippen molar-refractivity contribution in [1.29, 1.82) is 0 Å². The predicted octanol–water partition coefficient (Wildman–Crippen LogP) is 4.50. The van der Waals surface area contributed by atoms with Gasteiger partial charge in [-0.15, -0.1) is 11.3 Å². The second kappa shape index (κ2) is 8.80. The van der Waals surface area contributed by atoms with Gasteiger partial charge in [0.15, 0.2) is 0 Å². The Kier molecular flexibility index (Phi) is 5.97. The highest BCUT2D eigenvalue weighted by Gasteiger charge is 2.28. The Hall–Kier alpha value is -2.64. The molecule has 2 heterocycles. The van der Waals surface area contributed by atoms with Crippen LogP contribution in [0.2, 0.25) is 0 Å². The maximum Gasteiger partial charge on any atom is 0.266 e. The van der Waals surface area contributed by atoms with Crippen LogP contribution in [0.1, 0.15) is 9.67 Å². The highest BCUT2D eigenvalue weighted by Crippen LogP contribution is 2.34. The number of amides is 1. The molecule has 4 rings (SSSR count). The number of carbonyl (C=O) groups excluding carboxylic acids is 1. The number of benzene rings is 2. The Morgan fingerprint density at radius 2 is 1.52 bits per heavy atom. The molecule has 0 bridgehead atoms. The topological polar surface area (TPSA) is 36.4 Å². The molecule has 0 atom stereocenters. The Labute approximate surface area is 172 Å². The van der Waals surface area contributed by atoms with Crippen molar-refractivity contribution >= 4 is 17.2 Å². The molecule has 3 aromatic rings. The van der Waals surface area contributed by atoms with Crippen LogP contribution in [0.4, 0.5) is 8.78 Å². The second-order valence-corrected chi connectivity index (χ2v) is 7.91. The lowest BCUT2D eigenvalue weighted by Gasteiger charge is -2.34. The van der Waals surface area contributed by atoms with Gasteiger partial charge in [0, 0.05) is 37.3 Å². The van der Waals surface area contributed by atoms with E-state index in [1.54, 1.807) is 9.80 Å². The molecule has 1 aromatic heterocycles. The normalized spacial score (nSPS) is 15.1. The number of hydrogen-bond acceptors (Lipinski definition) is 4. The van der Waals surface area contributed by atoms with Crippen LogP contribution in [0, 0.1) is 0 Å². The number of halogens is 2. The standard InChI is InChI=1S/C22H21F2N3OS/c23-18(24)15-26-11-13-27(14-12-26)22(28)20-19(16-7-3-1-4-8-16)25-21(29-20)17-9-5-2-6-10-17/h1-10,18H,11-15H2. The zero-order chi connectivity index (χ0) is 20.2. The molecule has 0 unspecified atom stereocenters. The van der Waals surface area contributed by atoms with Gasteiger partial charge in [0.05, 0.1) is 12.2 Å². The summed E-state index contributed by atoms with van der Waals surface area (Å²) in [4.78, 5) is 22.1. The van der Waals surface area contributed by atoms with Crippen molar-refractivity contribution in [2.75, 3.05) is 32.7 Å². The monoisotopic (exact) mass is 413 g/mol. The van der Waals surface area contributed by atoms with Crippen molar-refractivity contribution in [3.8, 4) is 21.8 Å². The number of aromatic nitrogens is 1. The Bertz CT molecular complexity index is 955. The zero-order valence-corrected chi connectivity index (χ0v) is 16.6. The fourth-order valence-electron chi connectivity index (χ4n) is 3.43. The summed E-state index contributed by atoms with van der Waals surface area (Å²) in [6.07, 6.45) is -2.35. The molecular weight excluding hydrogens is 392 g/mol. The third kappa shape index (κ3) is 4.52. The fraction of sp³-hybridized carbons (Fsp3) is 0.273. The van der Waals surface area contributed by atoms with Crippen molar-refractivity contribution in [1.82, 2.24) is 14.8 Å². The van der Waals surface area contributed by atoms with Crippen LogP contribution < -0.4 is 0 Å². The van der Waals surface area contributed by atoms with Gasteiger partial charge in [-0.1, -0.05) is 60.7 Å². The summed E-state index contributed by atoms with van der Waals surface area (Å²) in [5.74, 6) is -0.0831. The maximum atomic E-state index is 13.3. The van der Waals surface area contributed by atoms with Crippen LogP contribution in [-0.2, 0) is 0 Å². The van der Waals surface area contributed by atoms with Gasteiger partial charge < -0.3 is 4.90 Å². The van der Waals surface area contributed by atoms with Crippen molar-refractivity contribution < 1.29 is 13.6 Å². The van der Waals surface area contributed by atoms with Crippen LogP contribution in [0.15, 0.2) is 60.7 Å². The number of rotatable bonds is 5. The summed E-state index contributed by atoms with van der Waals surface area (Å²) in [6.45, 7) is 1.56. The molecule has 1 aliphatic heterocycles. The van der Waals surface area contributed by atoms with Crippen molar-refractivity contribution in [3.05, 3.63) is 65.5 Å². The minimum absolute atomic E-state index is 0.0831. The molecule has 0 radical (unpaired) electrons. The maximum absolute atomic E-state index is 13.3. The third-order valence-corrected chi connectivity index (χ3v) is 6.04. The molecule has 0 aliphatic carbocycles. The molecule has 1 amide bonds. The summed E-state index contributed by atoms with van der Waals surface area (Å²) >= 11 is 1.38. The zero-order valence-electron chi connectivity index (χ0n) is 15.8. The van der Waals surface area contributed by atoms with Crippen molar-refractivity contribution in [3.63, 3.8) is 0 Å². The molecule has 0 spiro atoms. The molecule has 150 valence electrons. The van der Waals surface area contributed by atoms with Gasteiger partial charge in [0.25, 0.3) is 12.3 Å². The molecular formula is C22H21F2N3OS. The average Bonchev–Trinajstić information content (AvgIpc) is 3.20. The molecule has 1 saturated heterocycles. The van der Waals surface area contributed by atoms with Crippen LogP contribution in [0.5, 0.6) is 0 Å². The van der Waals surface area contributed by atoms with Crippen LogP contribution >= 0.6 is 11.3 Å². The smallest absolute Gasteiger partial charge is 0.266 e. The minimum atomic E-state index is -2.35. The summed E-state index contributed by atoms with van der Waals surface area (Å²) in [5, 5.41) is 0.795. The lowest BCUT2D eigenvalue weighted by molar-refractivity contribution is 0.0462. The van der Waals surface area contributed by atoms with Gasteiger partial charge in [-0.2, -0.15) is 0 Å². The Balaban J connectivity index is 1.62. The predicted molar refractivity (Wildman–Crippen MR) is 111 cm³/mol. The van der Waals surface area contributed by atoms with E-state index < -0.39 is 6.43 Å². The number of piperazine rings is 1. The Morgan fingerprint density at radius 3 is 2.10 bits per heavy atom. The number of hydrogen-bond donors (Lipinski definition) is 0. The second-order valence-electron chi connectivity index (χ2n) is 6.91. The molecule has 1 aliphatic rings. The lowest BCUT2D eigenvalue weighted by Crippen LogP contribution is -2.49. The van der Waals surface area contributed by atoms with Gasteiger partial charge in [0.2, 0.25) is 0 Å². The number of alkyl halides is 2. The van der Waals surface area contributed by atoms with E-state index in [0.717, 1.165) is 16.1 Å². The third-order valence-electron chi connectivity index (χ3n) is 4.95. The minimum Gasteiger partial charge on any atom is -0.335 e. The first-order chi connectivity index (χ1) is 14.1. The summed E-state index contributed by atoms with van der Waals surface area (Å²) in [7, 11) is 0. The summed E-state index contributed by atoms with van der Waals surface area (Å²) in [5.41, 5.74) is 2.54. The van der Waals surface area contributed by atoms with E-state index in [9.17, 15) is 13.6 Å². The quantitative estimate of drug-likeness (QED) is 0.618. The van der Waals surface area contributed by atoms with E-state index >= 15 is 0 Å². The van der Waals surface area contributed by atoms with Gasteiger partial charge in [-0.05, 0) is 0 Å². The largest absolute Gasteiger partial charge is 0.335 e. The highest BCUT2D eigenvalue weighted by atomic mass is 32.1. The molecule has 1 fully saturated rings. The van der Waals surface area contributed by atoms with E-state index in [4.69, 9.17) is 4.98 Å². The van der Waals surface area contributed by atoms with Gasteiger partial charge in [0.1, 0.15) is 9.88 Å². The van der Waals surface area contributed by atoms with E-state index in [1.807, 2.05) is 60.7 Å². The fourth-order valence-corrected chi connectivity index (χ4v) is 4.49. The number of carbonyl (C=O) groups is 1. The number of thiazole rings is 1. The van der Waals surface area contributed by atoms with Gasteiger partial charge >= 0.3 is 0 Å². The van der Waals surface area contributed by atoms with Crippen molar-refractivity contribution in [2.24, 2.45) is 0 Å². The Morgan fingerprint density at radius 1 is 0.931 bits per heavy atom. The first-order valence-corrected chi connectivity index (χ1v) is 10.3. The summed E-state index contributed by atoms with van der Waals surface area (Å²) in [6, 6.07) is 19.5. The van der Waals surface area contributed by atoms with Crippen molar-refractivity contribution in [2.45, 2.75) is 6.43 Å². The first kappa shape index (κ1) is 19.7. The molecule has 4 nitrogen and oxygen atoms in total. The first-order valence-electron chi connectivity index (χ1n) is 9.53. The van der Waals surface area contributed by atoms with Crippen LogP contribution in [0.3, 0.4) is 0 Å². The van der Waals surface area contributed by atoms with Gasteiger partial charge in [-0.25, -0.2) is 13.8 Å². The van der Waals surface area contributed by atoms with E-state index in [-0.39, 0.29) is 12.5 Å². The molecule has 0 saturated carbocycles. The SMILES string of the molecule is O=C(c1sc(-c2ccccc2)nc1-c1ccccc1)N1CCN(CC(F)F)CC1. The highest BCUT2D eigenvalue weighted by molar-refractivity contribution is 7.17. The van der Waals surface area contributed by atoms with Crippen LogP contribution in [0.25, 0.3) is 21.8 Å². The molecule has 7 heteroatoms. The molecule has 0 N–H and O–H groups in total. The lowest BCUT2D eigenvalue weighted by atomic mass is 10.1.